The van der Waals surface area contributed by atoms with E-state index in [1.54, 1.807) is 0 Å². The Balaban J connectivity index is 0.00000128. The number of carbonyl (C=O) groups is 2. The summed E-state index contributed by atoms with van der Waals surface area (Å²) in [6.45, 7) is 17.8. The number of hydrogen-bond donors (Lipinski definition) is 2. The lowest BCUT2D eigenvalue weighted by molar-refractivity contribution is 0.0978. The summed E-state index contributed by atoms with van der Waals surface area (Å²) in [5.41, 5.74) is 7.41. The lowest BCUT2D eigenvalue weighted by Gasteiger charge is -2.32. The first-order chi connectivity index (χ1) is 23.6. The van der Waals surface area contributed by atoms with Crippen LogP contribution in [0.5, 0.6) is 0 Å². The van der Waals surface area contributed by atoms with Gasteiger partial charge in [0.25, 0.3) is 5.91 Å². The molecule has 3 aromatic rings. The number of anilines is 2. The van der Waals surface area contributed by atoms with Gasteiger partial charge >= 0.3 is 0 Å². The van der Waals surface area contributed by atoms with Gasteiger partial charge in [-0.3, -0.25) is 14.5 Å². The maximum atomic E-state index is 13.2. The Morgan fingerprint density at radius 2 is 1.49 bits per heavy atom. The molecule has 1 amide bonds. The summed E-state index contributed by atoms with van der Waals surface area (Å²) in [4.78, 5) is 37.3. The van der Waals surface area contributed by atoms with E-state index in [0.29, 0.717) is 23.4 Å². The third kappa shape index (κ3) is 10.5. The number of nitrogens with one attached hydrogen (secondary N) is 2. The van der Waals surface area contributed by atoms with Crippen LogP contribution in [-0.4, -0.2) is 72.5 Å². The van der Waals surface area contributed by atoms with E-state index in [0.717, 1.165) is 79.5 Å². The van der Waals surface area contributed by atoms with Crippen LogP contribution in [0.4, 0.5) is 11.4 Å². The van der Waals surface area contributed by atoms with Crippen molar-refractivity contribution in [3.05, 3.63) is 113 Å². The van der Waals surface area contributed by atoms with Gasteiger partial charge in [-0.15, -0.1) is 0 Å². The zero-order chi connectivity index (χ0) is 35.3. The highest BCUT2D eigenvalue weighted by molar-refractivity contribution is 6.11. The van der Waals surface area contributed by atoms with E-state index in [1.807, 2.05) is 91.8 Å². The van der Waals surface area contributed by atoms with Gasteiger partial charge in [0.15, 0.2) is 11.6 Å². The molecule has 1 saturated heterocycles. The predicted molar refractivity (Wildman–Crippen MR) is 205 cm³/mol. The molecular formula is C41H54N6O2. The molecule has 2 aliphatic heterocycles. The third-order valence-electron chi connectivity index (χ3n) is 9.05. The number of ketones is 1. The van der Waals surface area contributed by atoms with Crippen molar-refractivity contribution in [3.8, 4) is 0 Å². The number of benzene rings is 3. The van der Waals surface area contributed by atoms with Crippen LogP contribution in [-0.2, 0) is 6.54 Å². The average molecular weight is 663 g/mol. The largest absolute Gasteiger partial charge is 0.346 e. The summed E-state index contributed by atoms with van der Waals surface area (Å²) in [5, 5.41) is 6.48. The van der Waals surface area contributed by atoms with Gasteiger partial charge in [-0.2, -0.15) is 0 Å². The molecule has 0 aromatic heterocycles. The number of carbonyl (C=O) groups excluding carboxylic acids is 2. The zero-order valence-electron chi connectivity index (χ0n) is 30.3. The van der Waals surface area contributed by atoms with Gasteiger partial charge < -0.3 is 20.4 Å². The van der Waals surface area contributed by atoms with E-state index < -0.39 is 0 Å². The Kier molecular flexibility index (Phi) is 13.9. The minimum absolute atomic E-state index is 0.146. The van der Waals surface area contributed by atoms with Gasteiger partial charge in [0.1, 0.15) is 0 Å². The number of aliphatic imine (C=N–C) groups is 1. The molecule has 0 saturated carbocycles. The second-order valence-electron chi connectivity index (χ2n) is 13.0. The van der Waals surface area contributed by atoms with Crippen LogP contribution in [0.1, 0.15) is 90.3 Å². The minimum atomic E-state index is -0.146. The number of amidine groups is 1. The molecule has 0 atom stereocenters. The van der Waals surface area contributed by atoms with Crippen molar-refractivity contribution in [2.24, 2.45) is 4.99 Å². The van der Waals surface area contributed by atoms with Crippen LogP contribution in [0, 0.1) is 6.92 Å². The van der Waals surface area contributed by atoms with E-state index in [9.17, 15) is 9.59 Å². The molecule has 0 unspecified atom stereocenters. The van der Waals surface area contributed by atoms with Crippen LogP contribution in [0.2, 0.25) is 0 Å². The first-order valence-electron chi connectivity index (χ1n) is 17.7. The summed E-state index contributed by atoms with van der Waals surface area (Å²) >= 11 is 0. The predicted octanol–water partition coefficient (Wildman–Crippen LogP) is 8.44. The smallest absolute Gasteiger partial charge is 0.255 e. The number of amides is 1. The minimum Gasteiger partial charge on any atom is -0.346 e. The second-order valence-corrected chi connectivity index (χ2v) is 13.0. The summed E-state index contributed by atoms with van der Waals surface area (Å²) in [7, 11) is 4.09. The average Bonchev–Trinajstić information content (AvgIpc) is 3.11. The van der Waals surface area contributed by atoms with Crippen LogP contribution in [0.3, 0.4) is 0 Å². The van der Waals surface area contributed by atoms with E-state index >= 15 is 0 Å². The van der Waals surface area contributed by atoms with Crippen molar-refractivity contribution in [3.63, 3.8) is 0 Å². The molecule has 8 nitrogen and oxygen atoms in total. The van der Waals surface area contributed by atoms with Crippen LogP contribution >= 0.6 is 0 Å². The Morgan fingerprint density at radius 1 is 0.837 bits per heavy atom. The van der Waals surface area contributed by atoms with Crippen LogP contribution in [0.15, 0.2) is 90.2 Å². The van der Waals surface area contributed by atoms with Gasteiger partial charge in [-0.05, 0) is 74.0 Å². The molecule has 1 fully saturated rings. The molecule has 0 spiro atoms. The highest BCUT2D eigenvalue weighted by Gasteiger charge is 2.20. The van der Waals surface area contributed by atoms with E-state index in [2.05, 4.69) is 54.8 Å². The number of rotatable bonds is 11. The summed E-state index contributed by atoms with van der Waals surface area (Å²) < 4.78 is 0. The Hall–Kier alpha value is -4.53. The number of hydrogen-bond acceptors (Lipinski definition) is 7. The number of piperazine rings is 1. The molecule has 0 aliphatic carbocycles. The molecular weight excluding hydrogens is 608 g/mol. The van der Waals surface area contributed by atoms with Crippen molar-refractivity contribution < 1.29 is 9.59 Å². The first kappa shape index (κ1) is 37.3. The standard InChI is InChI=1S/C37H44N6O2.C4H10/c1-6-7-11-35(44)29-16-18-31(19-17-29)38-36-27(3)42(5)25-34(39-36)32-9-8-10-33(26(32)2)40-37(45)30-14-12-28(13-15-30)24-43-22-20-41(4)21-23-43;1-3-4-2/h8-10,12-19,25H,3,6-7,11,20-24H2,1-2,4-5H3,(H,38,39)(H,40,45);3-4H2,1-2H3. The molecule has 3 aromatic carbocycles. The van der Waals surface area contributed by atoms with Gasteiger partial charge in [0, 0.05) is 80.5 Å². The molecule has 0 bridgehead atoms. The molecule has 2 heterocycles. The van der Waals surface area contributed by atoms with E-state index in [4.69, 9.17) is 4.99 Å². The molecule has 2 aliphatic rings. The number of likely N-dealkylation sites (N-methyl/N-ethyl adjacent to an activating group) is 2. The fourth-order valence-electron chi connectivity index (χ4n) is 5.50. The third-order valence-corrected chi connectivity index (χ3v) is 9.05. The van der Waals surface area contributed by atoms with Gasteiger partial charge in [0.05, 0.1) is 11.4 Å². The fraction of sp³-hybridized carbons (Fsp3) is 0.390. The normalized spacial score (nSPS) is 15.1. The van der Waals surface area contributed by atoms with Gasteiger partial charge in [0.2, 0.25) is 0 Å². The monoisotopic (exact) mass is 662 g/mol. The summed E-state index contributed by atoms with van der Waals surface area (Å²) in [6, 6.07) is 21.2. The molecule has 260 valence electrons. The van der Waals surface area contributed by atoms with Crippen molar-refractivity contribution in [2.75, 3.05) is 50.9 Å². The Morgan fingerprint density at radius 3 is 2.12 bits per heavy atom. The zero-order valence-corrected chi connectivity index (χ0v) is 30.3. The SMILES string of the molecule is C=C1C(Nc2ccc(C(=O)CCCC)cc2)=NC(c2cccc(NC(=O)c3ccc(CN4CCN(C)CC4)cc3)c2C)=CN1C.CCCC. The van der Waals surface area contributed by atoms with Gasteiger partial charge in [-0.1, -0.05) is 70.9 Å². The topological polar surface area (TPSA) is 80.3 Å². The van der Waals surface area contributed by atoms with Crippen molar-refractivity contribution in [2.45, 2.75) is 66.3 Å². The Labute approximate surface area is 293 Å². The number of Topliss-reactive ketones (excluding diaryl/α,β-unsaturated/α-hetero) is 1. The molecule has 49 heavy (non-hydrogen) atoms. The molecule has 5 rings (SSSR count). The van der Waals surface area contributed by atoms with E-state index in [-0.39, 0.29) is 11.7 Å². The molecule has 2 N–H and O–H groups in total. The lowest BCUT2D eigenvalue weighted by atomic mass is 10.0. The molecule has 8 heteroatoms. The van der Waals surface area contributed by atoms with Crippen molar-refractivity contribution in [1.29, 1.82) is 0 Å². The number of nitrogens with zero attached hydrogens (tertiary/aromatic N) is 4. The lowest BCUT2D eigenvalue weighted by Crippen LogP contribution is -2.43. The highest BCUT2D eigenvalue weighted by Crippen LogP contribution is 2.30. The van der Waals surface area contributed by atoms with Gasteiger partial charge in [-0.25, -0.2) is 4.99 Å². The maximum Gasteiger partial charge on any atom is 0.255 e. The Bertz CT molecular complexity index is 1630. The number of unbranched alkanes of at least 4 members (excludes halogenated alkanes) is 2. The molecule has 0 radical (unpaired) electrons. The second kappa shape index (κ2) is 18.3. The maximum absolute atomic E-state index is 13.2. The highest BCUT2D eigenvalue weighted by atomic mass is 16.1. The van der Waals surface area contributed by atoms with Crippen LogP contribution < -0.4 is 10.6 Å². The van der Waals surface area contributed by atoms with Crippen molar-refractivity contribution >= 4 is 34.6 Å². The quantitative estimate of drug-likeness (QED) is 0.201. The van der Waals surface area contributed by atoms with Crippen LogP contribution in [0.25, 0.3) is 5.70 Å². The van der Waals surface area contributed by atoms with Crippen molar-refractivity contribution in [1.82, 2.24) is 14.7 Å². The first-order valence-corrected chi connectivity index (χ1v) is 17.7. The summed E-state index contributed by atoms with van der Waals surface area (Å²) in [6.07, 6.45) is 7.03. The fourth-order valence-corrected chi connectivity index (χ4v) is 5.50. The summed E-state index contributed by atoms with van der Waals surface area (Å²) in [5.74, 6) is 0.631. The van der Waals surface area contributed by atoms with E-state index in [1.165, 1.54) is 18.4 Å².